The molecule has 3 nitrogen and oxygen atoms in total. The summed E-state index contributed by atoms with van der Waals surface area (Å²) >= 11 is 5.74. The molecule has 0 radical (unpaired) electrons. The van der Waals surface area contributed by atoms with Gasteiger partial charge in [-0.3, -0.25) is 4.79 Å². The van der Waals surface area contributed by atoms with Crippen LogP contribution in [-0.2, 0) is 4.79 Å². The van der Waals surface area contributed by atoms with Gasteiger partial charge in [-0.2, -0.15) is 0 Å². The number of carbonyl (C=O) groups is 1. The van der Waals surface area contributed by atoms with Crippen LogP contribution < -0.4 is 5.32 Å². The first-order valence-electron chi connectivity index (χ1n) is 10.4. The minimum Gasteiger partial charge on any atom is -0.393 e. The lowest BCUT2D eigenvalue weighted by Crippen LogP contribution is -2.56. The Morgan fingerprint density at radius 2 is 1.76 bits per heavy atom. The monoisotopic (exact) mass is 367 g/mol. The lowest BCUT2D eigenvalue weighted by Gasteiger charge is -2.60. The number of carbonyl (C=O) groups excluding carboxylic acids is 1. The first-order valence-corrected chi connectivity index (χ1v) is 11.0. The van der Waals surface area contributed by atoms with Gasteiger partial charge in [0, 0.05) is 6.04 Å². The Bertz CT molecular complexity index is 540. The molecule has 0 saturated heterocycles. The molecule has 8 atom stereocenters. The van der Waals surface area contributed by atoms with Gasteiger partial charge in [-0.25, -0.2) is 0 Å². The van der Waals surface area contributed by atoms with E-state index in [1.54, 1.807) is 0 Å². The molecule has 4 aliphatic rings. The van der Waals surface area contributed by atoms with Gasteiger partial charge in [0.05, 0.1) is 6.10 Å². The van der Waals surface area contributed by atoms with Gasteiger partial charge >= 0.3 is 0 Å². The lowest BCUT2D eigenvalue weighted by molar-refractivity contribution is -0.128. The van der Waals surface area contributed by atoms with Crippen LogP contribution in [0.5, 0.6) is 0 Å². The molecule has 25 heavy (non-hydrogen) atoms. The van der Waals surface area contributed by atoms with Crippen molar-refractivity contribution in [2.75, 3.05) is 5.88 Å². The molecule has 0 aromatic carbocycles. The van der Waals surface area contributed by atoms with Crippen molar-refractivity contribution < 1.29 is 9.90 Å². The molecule has 4 heteroatoms. The second kappa shape index (κ2) is 6.41. The molecular formula is C21H34ClNO2. The third-order valence-corrected chi connectivity index (χ3v) is 9.34. The molecule has 0 heterocycles. The average Bonchev–Trinajstić information content (AvgIpc) is 2.92. The SMILES string of the molecule is C[C@]12CC[C@H]3[C@@H](CC[C@H]4C[C@H](O)CC[C@@]43C)[C@H]1CC[C@H]2NC(=O)CCl. The molecule has 0 aliphatic heterocycles. The van der Waals surface area contributed by atoms with Crippen LogP contribution in [0.25, 0.3) is 0 Å². The van der Waals surface area contributed by atoms with Gasteiger partial charge in [-0.15, -0.1) is 11.6 Å². The molecule has 0 unspecified atom stereocenters. The first kappa shape index (κ1) is 18.1. The van der Waals surface area contributed by atoms with Crippen LogP contribution in [0.3, 0.4) is 0 Å². The van der Waals surface area contributed by atoms with Gasteiger partial charge in [0.25, 0.3) is 0 Å². The predicted octanol–water partition coefficient (Wildman–Crippen LogP) is 4.11. The molecule has 4 rings (SSSR count). The van der Waals surface area contributed by atoms with E-state index in [9.17, 15) is 9.90 Å². The quantitative estimate of drug-likeness (QED) is 0.721. The number of nitrogens with one attached hydrogen (secondary N) is 1. The molecule has 4 aliphatic carbocycles. The highest BCUT2D eigenvalue weighted by atomic mass is 35.5. The van der Waals surface area contributed by atoms with Crippen LogP contribution in [0.2, 0.25) is 0 Å². The Kier molecular flexibility index (Phi) is 4.64. The van der Waals surface area contributed by atoms with Gasteiger partial charge in [-0.05, 0) is 92.3 Å². The maximum Gasteiger partial charge on any atom is 0.235 e. The van der Waals surface area contributed by atoms with Crippen LogP contribution in [0.1, 0.15) is 71.6 Å². The molecule has 4 saturated carbocycles. The standard InChI is InChI=1S/C21H34ClNO2/c1-20-9-7-14(24)11-13(20)3-4-15-16-5-6-18(23-19(25)12-22)21(16,2)10-8-17(15)20/h13-18,24H,3-12H2,1-2H3,(H,23,25)/t13-,14+,15-,16+,17-,18+,20-,21-/m0/s1. The molecule has 0 bridgehead atoms. The van der Waals surface area contributed by atoms with E-state index in [4.69, 9.17) is 11.6 Å². The Balaban J connectivity index is 1.55. The summed E-state index contributed by atoms with van der Waals surface area (Å²) < 4.78 is 0. The average molecular weight is 368 g/mol. The van der Waals surface area contributed by atoms with E-state index >= 15 is 0 Å². The fourth-order valence-electron chi connectivity index (χ4n) is 7.71. The second-order valence-corrected chi connectivity index (χ2v) is 10.2. The van der Waals surface area contributed by atoms with Gasteiger partial charge in [0.15, 0.2) is 0 Å². The van der Waals surface area contributed by atoms with Gasteiger partial charge in [0.2, 0.25) is 5.91 Å². The van der Waals surface area contributed by atoms with Crippen molar-refractivity contribution in [3.05, 3.63) is 0 Å². The zero-order chi connectivity index (χ0) is 17.8. The van der Waals surface area contributed by atoms with Crippen molar-refractivity contribution in [3.8, 4) is 0 Å². The second-order valence-electron chi connectivity index (χ2n) is 9.96. The number of aliphatic hydroxyl groups is 1. The smallest absolute Gasteiger partial charge is 0.235 e. The highest BCUT2D eigenvalue weighted by Crippen LogP contribution is 2.66. The third kappa shape index (κ3) is 2.76. The summed E-state index contributed by atoms with van der Waals surface area (Å²) in [6.45, 7) is 4.96. The zero-order valence-electron chi connectivity index (χ0n) is 15.8. The lowest BCUT2D eigenvalue weighted by atomic mass is 9.45. The van der Waals surface area contributed by atoms with E-state index in [1.165, 1.54) is 38.5 Å². The number of hydrogen-bond acceptors (Lipinski definition) is 2. The molecular weight excluding hydrogens is 334 g/mol. The minimum absolute atomic E-state index is 0.00685. The Morgan fingerprint density at radius 3 is 2.52 bits per heavy atom. The zero-order valence-corrected chi connectivity index (χ0v) is 16.5. The molecule has 0 aromatic rings. The van der Waals surface area contributed by atoms with Crippen molar-refractivity contribution in [3.63, 3.8) is 0 Å². The normalized spacial score (nSPS) is 52.0. The summed E-state index contributed by atoms with van der Waals surface area (Å²) in [5.41, 5.74) is 0.682. The summed E-state index contributed by atoms with van der Waals surface area (Å²) in [6.07, 6.45) is 10.7. The van der Waals surface area contributed by atoms with Crippen LogP contribution in [0.4, 0.5) is 0 Å². The highest BCUT2D eigenvalue weighted by Gasteiger charge is 2.60. The number of amides is 1. The van der Waals surface area contributed by atoms with E-state index < -0.39 is 0 Å². The number of alkyl halides is 1. The topological polar surface area (TPSA) is 49.3 Å². The molecule has 0 spiro atoms. The van der Waals surface area contributed by atoms with E-state index in [1.807, 2.05) is 0 Å². The van der Waals surface area contributed by atoms with Gasteiger partial charge in [0.1, 0.15) is 5.88 Å². The number of halogens is 1. The molecule has 4 fully saturated rings. The predicted molar refractivity (Wildman–Crippen MR) is 100 cm³/mol. The van der Waals surface area contributed by atoms with Crippen molar-refractivity contribution >= 4 is 17.5 Å². The van der Waals surface area contributed by atoms with Crippen molar-refractivity contribution in [2.45, 2.75) is 83.8 Å². The largest absolute Gasteiger partial charge is 0.393 e. The summed E-state index contributed by atoms with van der Waals surface area (Å²) in [5, 5.41) is 13.4. The molecule has 1 amide bonds. The first-order chi connectivity index (χ1) is 11.9. The summed E-state index contributed by atoms with van der Waals surface area (Å²) in [4.78, 5) is 11.9. The Labute approximate surface area is 157 Å². The van der Waals surface area contributed by atoms with E-state index in [2.05, 4.69) is 19.2 Å². The van der Waals surface area contributed by atoms with Crippen molar-refractivity contribution in [1.82, 2.24) is 5.32 Å². The minimum atomic E-state index is -0.0647. The number of fused-ring (bicyclic) bond motifs is 5. The summed E-state index contributed by atoms with van der Waals surface area (Å²) in [5.74, 6) is 3.16. The molecule has 2 N–H and O–H groups in total. The highest BCUT2D eigenvalue weighted by molar-refractivity contribution is 6.27. The number of rotatable bonds is 2. The Morgan fingerprint density at radius 1 is 1.04 bits per heavy atom. The van der Waals surface area contributed by atoms with Crippen molar-refractivity contribution in [2.24, 2.45) is 34.5 Å². The van der Waals surface area contributed by atoms with E-state index in [-0.39, 0.29) is 23.3 Å². The van der Waals surface area contributed by atoms with Crippen LogP contribution in [0.15, 0.2) is 0 Å². The van der Waals surface area contributed by atoms with Gasteiger partial charge < -0.3 is 10.4 Å². The van der Waals surface area contributed by atoms with Gasteiger partial charge in [-0.1, -0.05) is 13.8 Å². The molecule has 142 valence electrons. The number of aliphatic hydroxyl groups excluding tert-OH is 1. The maximum absolute atomic E-state index is 11.9. The number of hydrogen-bond donors (Lipinski definition) is 2. The summed E-state index contributed by atoms with van der Waals surface area (Å²) in [6, 6.07) is 0.309. The Hall–Kier alpha value is -0.280. The van der Waals surface area contributed by atoms with E-state index in [0.29, 0.717) is 11.5 Å². The van der Waals surface area contributed by atoms with Crippen LogP contribution in [-0.4, -0.2) is 29.0 Å². The van der Waals surface area contributed by atoms with Crippen LogP contribution >= 0.6 is 11.6 Å². The summed E-state index contributed by atoms with van der Waals surface area (Å²) in [7, 11) is 0. The third-order valence-electron chi connectivity index (χ3n) is 9.09. The fourth-order valence-corrected chi connectivity index (χ4v) is 7.78. The molecule has 0 aromatic heterocycles. The fraction of sp³-hybridized carbons (Fsp3) is 0.952. The van der Waals surface area contributed by atoms with Crippen LogP contribution in [0, 0.1) is 34.5 Å². The van der Waals surface area contributed by atoms with E-state index in [0.717, 1.165) is 42.9 Å². The van der Waals surface area contributed by atoms with Crippen molar-refractivity contribution in [1.29, 1.82) is 0 Å². The maximum atomic E-state index is 11.9.